The molecular weight excluding hydrogens is 227 g/mol. The second kappa shape index (κ2) is 5.89. The third kappa shape index (κ3) is 3.52. The number of benzene rings is 1. The van der Waals surface area contributed by atoms with Crippen LogP contribution in [0.4, 0.5) is 4.39 Å². The number of hydrogen-bond donors (Lipinski definition) is 1. The van der Waals surface area contributed by atoms with Gasteiger partial charge in [-0.1, -0.05) is 13.8 Å². The fraction of sp³-hybridized carbons (Fsp3) is 0.417. The Morgan fingerprint density at radius 2 is 2.25 bits per heavy atom. The normalized spacial score (nSPS) is 12.4. The van der Waals surface area contributed by atoms with Crippen LogP contribution in [0.2, 0.25) is 0 Å². The second-order valence-electron chi connectivity index (χ2n) is 3.64. The Morgan fingerprint density at radius 3 is 2.81 bits per heavy atom. The Hall–Kier alpha value is -1.03. The zero-order valence-electron chi connectivity index (χ0n) is 9.37. The van der Waals surface area contributed by atoms with E-state index in [0.29, 0.717) is 16.6 Å². The van der Waals surface area contributed by atoms with E-state index in [9.17, 15) is 9.18 Å². The SMILES string of the molecule is CCC(C)SCc1cc(F)ccc1C(=O)O. The number of rotatable bonds is 5. The number of aromatic carboxylic acids is 1. The number of carbonyl (C=O) groups is 1. The van der Waals surface area contributed by atoms with Crippen molar-refractivity contribution in [1.82, 2.24) is 0 Å². The van der Waals surface area contributed by atoms with Gasteiger partial charge >= 0.3 is 5.97 Å². The van der Waals surface area contributed by atoms with Crippen molar-refractivity contribution in [2.45, 2.75) is 31.3 Å². The van der Waals surface area contributed by atoms with E-state index in [2.05, 4.69) is 13.8 Å². The summed E-state index contributed by atoms with van der Waals surface area (Å²) in [5, 5.41) is 9.40. The molecule has 1 N–H and O–H groups in total. The standard InChI is InChI=1S/C12H15FO2S/c1-3-8(2)16-7-9-6-10(13)4-5-11(9)12(14)15/h4-6,8H,3,7H2,1-2H3,(H,14,15). The first kappa shape index (κ1) is 13.0. The molecule has 1 aromatic rings. The lowest BCUT2D eigenvalue weighted by atomic mass is 10.1. The smallest absolute Gasteiger partial charge is 0.335 e. The van der Waals surface area contributed by atoms with Crippen LogP contribution in [0.3, 0.4) is 0 Å². The van der Waals surface area contributed by atoms with Crippen molar-refractivity contribution in [3.63, 3.8) is 0 Å². The minimum absolute atomic E-state index is 0.192. The van der Waals surface area contributed by atoms with Crippen molar-refractivity contribution in [2.24, 2.45) is 0 Å². The monoisotopic (exact) mass is 242 g/mol. The summed E-state index contributed by atoms with van der Waals surface area (Å²) in [5.74, 6) is -0.849. The lowest BCUT2D eigenvalue weighted by Gasteiger charge is -2.10. The summed E-state index contributed by atoms with van der Waals surface area (Å²) >= 11 is 1.64. The molecule has 88 valence electrons. The van der Waals surface area contributed by atoms with Gasteiger partial charge in [0.05, 0.1) is 5.56 Å². The van der Waals surface area contributed by atoms with Crippen LogP contribution in [0, 0.1) is 5.82 Å². The molecule has 0 amide bonds. The molecule has 16 heavy (non-hydrogen) atoms. The zero-order chi connectivity index (χ0) is 12.1. The molecule has 1 unspecified atom stereocenters. The van der Waals surface area contributed by atoms with E-state index in [-0.39, 0.29) is 11.4 Å². The lowest BCUT2D eigenvalue weighted by molar-refractivity contribution is 0.0696. The summed E-state index contributed by atoms with van der Waals surface area (Å²) in [6.07, 6.45) is 1.02. The molecule has 4 heteroatoms. The van der Waals surface area contributed by atoms with Gasteiger partial charge < -0.3 is 5.11 Å². The molecule has 0 fully saturated rings. The number of thioether (sulfide) groups is 1. The molecule has 2 nitrogen and oxygen atoms in total. The highest BCUT2D eigenvalue weighted by molar-refractivity contribution is 7.99. The Balaban J connectivity index is 2.84. The zero-order valence-corrected chi connectivity index (χ0v) is 10.2. The largest absolute Gasteiger partial charge is 0.478 e. The highest BCUT2D eigenvalue weighted by Gasteiger charge is 2.11. The van der Waals surface area contributed by atoms with E-state index in [1.165, 1.54) is 18.2 Å². The van der Waals surface area contributed by atoms with Crippen molar-refractivity contribution < 1.29 is 14.3 Å². The van der Waals surface area contributed by atoms with Gasteiger partial charge in [0.25, 0.3) is 0 Å². The van der Waals surface area contributed by atoms with Gasteiger partial charge in [0, 0.05) is 11.0 Å². The first-order valence-corrected chi connectivity index (χ1v) is 6.22. The fourth-order valence-corrected chi connectivity index (χ4v) is 2.18. The maximum atomic E-state index is 13.0. The van der Waals surface area contributed by atoms with E-state index < -0.39 is 5.97 Å². The topological polar surface area (TPSA) is 37.3 Å². The number of carboxylic acids is 1. The highest BCUT2D eigenvalue weighted by Crippen LogP contribution is 2.22. The van der Waals surface area contributed by atoms with Gasteiger partial charge in [-0.15, -0.1) is 0 Å². The van der Waals surface area contributed by atoms with Gasteiger partial charge in [-0.2, -0.15) is 11.8 Å². The van der Waals surface area contributed by atoms with E-state index in [4.69, 9.17) is 5.11 Å². The summed E-state index contributed by atoms with van der Waals surface area (Å²) < 4.78 is 13.0. The average Bonchev–Trinajstić information content (AvgIpc) is 2.25. The minimum Gasteiger partial charge on any atom is -0.478 e. The molecule has 1 rings (SSSR count). The van der Waals surface area contributed by atoms with Gasteiger partial charge in [-0.25, -0.2) is 9.18 Å². The molecule has 0 saturated heterocycles. The summed E-state index contributed by atoms with van der Waals surface area (Å²) in [4.78, 5) is 10.9. The molecule has 0 heterocycles. The predicted octanol–water partition coefficient (Wildman–Crippen LogP) is 3.56. The highest BCUT2D eigenvalue weighted by atomic mass is 32.2. The molecule has 0 aliphatic carbocycles. The first-order valence-electron chi connectivity index (χ1n) is 5.18. The van der Waals surface area contributed by atoms with Crippen LogP contribution in [-0.2, 0) is 5.75 Å². The molecule has 0 bridgehead atoms. The van der Waals surface area contributed by atoms with E-state index in [0.717, 1.165) is 6.42 Å². The van der Waals surface area contributed by atoms with Crippen LogP contribution in [0.15, 0.2) is 18.2 Å². The van der Waals surface area contributed by atoms with Crippen LogP contribution in [0.5, 0.6) is 0 Å². The fourth-order valence-electron chi connectivity index (χ4n) is 1.24. The molecule has 1 atom stereocenters. The Kier molecular flexibility index (Phi) is 4.80. The maximum Gasteiger partial charge on any atom is 0.335 e. The number of halogens is 1. The maximum absolute atomic E-state index is 13.0. The van der Waals surface area contributed by atoms with Crippen molar-refractivity contribution in [3.05, 3.63) is 35.1 Å². The molecule has 1 aromatic carbocycles. The molecule has 0 radical (unpaired) electrons. The Morgan fingerprint density at radius 1 is 1.56 bits per heavy atom. The lowest BCUT2D eigenvalue weighted by Crippen LogP contribution is -2.03. The van der Waals surface area contributed by atoms with Gasteiger partial charge in [0.1, 0.15) is 5.82 Å². The van der Waals surface area contributed by atoms with Gasteiger partial charge in [0.2, 0.25) is 0 Å². The summed E-state index contributed by atoms with van der Waals surface area (Å²) in [6.45, 7) is 4.14. The van der Waals surface area contributed by atoms with Gasteiger partial charge in [-0.3, -0.25) is 0 Å². The molecule has 0 aliphatic rings. The van der Waals surface area contributed by atoms with E-state index in [1.807, 2.05) is 0 Å². The average molecular weight is 242 g/mol. The predicted molar refractivity (Wildman–Crippen MR) is 64.4 cm³/mol. The van der Waals surface area contributed by atoms with E-state index in [1.54, 1.807) is 11.8 Å². The van der Waals surface area contributed by atoms with Crippen LogP contribution < -0.4 is 0 Å². The van der Waals surface area contributed by atoms with E-state index >= 15 is 0 Å². The van der Waals surface area contributed by atoms with Crippen LogP contribution in [0.1, 0.15) is 36.2 Å². The molecule has 0 aromatic heterocycles. The number of hydrogen-bond acceptors (Lipinski definition) is 2. The van der Waals surface area contributed by atoms with Crippen LogP contribution in [0.25, 0.3) is 0 Å². The first-order chi connectivity index (χ1) is 7.54. The third-order valence-electron chi connectivity index (χ3n) is 2.40. The summed E-state index contributed by atoms with van der Waals surface area (Å²) in [5.41, 5.74) is 0.745. The Labute approximate surface area is 98.9 Å². The van der Waals surface area contributed by atoms with Crippen LogP contribution in [-0.4, -0.2) is 16.3 Å². The van der Waals surface area contributed by atoms with Gasteiger partial charge in [0.15, 0.2) is 0 Å². The molecule has 0 saturated carbocycles. The molecule has 0 aliphatic heterocycles. The van der Waals surface area contributed by atoms with Gasteiger partial charge in [-0.05, 0) is 30.2 Å². The summed E-state index contributed by atoms with van der Waals surface area (Å²) in [7, 11) is 0. The Bertz CT molecular complexity index is 379. The number of carboxylic acid groups (broad SMARTS) is 1. The third-order valence-corrected chi connectivity index (χ3v) is 3.78. The van der Waals surface area contributed by atoms with Crippen molar-refractivity contribution in [2.75, 3.05) is 0 Å². The second-order valence-corrected chi connectivity index (χ2v) is 5.06. The molecular formula is C12H15FO2S. The summed E-state index contributed by atoms with van der Waals surface area (Å²) in [6, 6.07) is 3.81. The van der Waals surface area contributed by atoms with Crippen molar-refractivity contribution in [1.29, 1.82) is 0 Å². The van der Waals surface area contributed by atoms with Crippen molar-refractivity contribution >= 4 is 17.7 Å². The van der Waals surface area contributed by atoms with Crippen LogP contribution >= 0.6 is 11.8 Å². The minimum atomic E-state index is -1.00. The molecule has 0 spiro atoms. The van der Waals surface area contributed by atoms with Crippen molar-refractivity contribution in [3.8, 4) is 0 Å². The quantitative estimate of drug-likeness (QED) is 0.857.